The molecular formula is C20H15ClFN3O3. The van der Waals surface area contributed by atoms with Gasteiger partial charge in [-0.15, -0.1) is 0 Å². The van der Waals surface area contributed by atoms with Crippen LogP contribution in [0, 0.1) is 5.82 Å². The van der Waals surface area contributed by atoms with E-state index in [0.29, 0.717) is 11.4 Å². The summed E-state index contributed by atoms with van der Waals surface area (Å²) in [6.07, 6.45) is 2.82. The van der Waals surface area contributed by atoms with Crippen LogP contribution in [0.5, 0.6) is 5.75 Å². The van der Waals surface area contributed by atoms with E-state index in [1.165, 1.54) is 30.6 Å². The molecule has 3 aromatic rings. The van der Waals surface area contributed by atoms with E-state index in [2.05, 4.69) is 10.3 Å². The number of nitrogens with one attached hydrogen (secondary N) is 1. The van der Waals surface area contributed by atoms with Crippen LogP contribution in [0.4, 0.5) is 10.1 Å². The van der Waals surface area contributed by atoms with Gasteiger partial charge in [0.05, 0.1) is 16.8 Å². The molecule has 1 aromatic heterocycles. The lowest BCUT2D eigenvalue weighted by molar-refractivity contribution is 0.0997. The monoisotopic (exact) mass is 399 g/mol. The Morgan fingerprint density at radius 3 is 2.68 bits per heavy atom. The summed E-state index contributed by atoms with van der Waals surface area (Å²) < 4.78 is 19.1. The van der Waals surface area contributed by atoms with Crippen LogP contribution >= 0.6 is 11.6 Å². The molecule has 28 heavy (non-hydrogen) atoms. The zero-order valence-corrected chi connectivity index (χ0v) is 15.2. The van der Waals surface area contributed by atoms with Gasteiger partial charge in [0.25, 0.3) is 5.91 Å². The number of carbonyl (C=O) groups excluding carboxylic acids is 2. The van der Waals surface area contributed by atoms with E-state index in [-0.39, 0.29) is 22.8 Å². The number of anilines is 1. The van der Waals surface area contributed by atoms with Crippen LogP contribution in [0.2, 0.25) is 5.02 Å². The number of nitrogens with zero attached hydrogens (tertiary/aromatic N) is 1. The Bertz CT molecular complexity index is 1040. The van der Waals surface area contributed by atoms with Crippen LogP contribution in [0.15, 0.2) is 60.9 Å². The molecule has 0 aliphatic rings. The highest BCUT2D eigenvalue weighted by atomic mass is 35.5. The van der Waals surface area contributed by atoms with E-state index < -0.39 is 17.6 Å². The van der Waals surface area contributed by atoms with Crippen molar-refractivity contribution >= 4 is 29.1 Å². The van der Waals surface area contributed by atoms with Gasteiger partial charge in [0.15, 0.2) is 0 Å². The van der Waals surface area contributed by atoms with Crippen LogP contribution in [0.1, 0.15) is 26.3 Å². The first-order valence-electron chi connectivity index (χ1n) is 8.15. The lowest BCUT2D eigenvalue weighted by Crippen LogP contribution is -2.12. The number of amides is 2. The van der Waals surface area contributed by atoms with Gasteiger partial charge < -0.3 is 15.8 Å². The van der Waals surface area contributed by atoms with Gasteiger partial charge in [-0.2, -0.15) is 0 Å². The number of carbonyl (C=O) groups is 2. The summed E-state index contributed by atoms with van der Waals surface area (Å²) in [7, 11) is 0. The summed E-state index contributed by atoms with van der Waals surface area (Å²) in [4.78, 5) is 27.4. The Labute approximate surface area is 165 Å². The summed E-state index contributed by atoms with van der Waals surface area (Å²) >= 11 is 5.63. The summed E-state index contributed by atoms with van der Waals surface area (Å²) in [6.45, 7) is 0.184. The molecule has 1 heterocycles. The Morgan fingerprint density at radius 2 is 1.93 bits per heavy atom. The molecule has 3 N–H and O–H groups in total. The highest BCUT2D eigenvalue weighted by molar-refractivity contribution is 6.30. The number of halogens is 2. The van der Waals surface area contributed by atoms with Gasteiger partial charge in [0.1, 0.15) is 18.2 Å². The zero-order chi connectivity index (χ0) is 20.1. The minimum absolute atomic E-state index is 0.0504. The summed E-state index contributed by atoms with van der Waals surface area (Å²) in [5, 5.41) is 2.64. The molecule has 0 saturated carbocycles. The van der Waals surface area contributed by atoms with Crippen molar-refractivity contribution in [3.05, 3.63) is 88.5 Å². The van der Waals surface area contributed by atoms with Gasteiger partial charge in [0, 0.05) is 17.4 Å². The average molecular weight is 400 g/mol. The molecule has 0 bridgehead atoms. The van der Waals surface area contributed by atoms with Crippen molar-refractivity contribution in [2.75, 3.05) is 5.32 Å². The minimum atomic E-state index is -0.664. The molecule has 2 aromatic carbocycles. The molecular weight excluding hydrogens is 385 g/mol. The van der Waals surface area contributed by atoms with E-state index in [4.69, 9.17) is 22.1 Å². The molecule has 0 aliphatic heterocycles. The summed E-state index contributed by atoms with van der Waals surface area (Å²) in [5.74, 6) is -1.33. The maximum Gasteiger partial charge on any atom is 0.255 e. The second-order valence-electron chi connectivity index (χ2n) is 5.85. The van der Waals surface area contributed by atoms with Crippen LogP contribution in [-0.4, -0.2) is 16.8 Å². The topological polar surface area (TPSA) is 94.3 Å². The summed E-state index contributed by atoms with van der Waals surface area (Å²) in [6, 6.07) is 12.3. The molecule has 0 fully saturated rings. The van der Waals surface area contributed by atoms with Crippen LogP contribution < -0.4 is 15.8 Å². The van der Waals surface area contributed by atoms with Crippen LogP contribution in [0.25, 0.3) is 0 Å². The lowest BCUT2D eigenvalue weighted by atomic mass is 10.1. The van der Waals surface area contributed by atoms with Gasteiger partial charge in [-0.1, -0.05) is 23.7 Å². The van der Waals surface area contributed by atoms with Crippen molar-refractivity contribution in [2.45, 2.75) is 6.61 Å². The van der Waals surface area contributed by atoms with Crippen molar-refractivity contribution in [1.29, 1.82) is 0 Å². The zero-order valence-electron chi connectivity index (χ0n) is 14.5. The third-order valence-corrected chi connectivity index (χ3v) is 4.08. The molecule has 142 valence electrons. The number of pyridine rings is 1. The van der Waals surface area contributed by atoms with Crippen molar-refractivity contribution in [2.24, 2.45) is 5.73 Å². The fourth-order valence-corrected chi connectivity index (χ4v) is 2.50. The number of aromatic nitrogens is 1. The number of nitrogens with two attached hydrogens (primary N) is 1. The van der Waals surface area contributed by atoms with Gasteiger partial charge in [-0.3, -0.25) is 14.6 Å². The molecule has 6 nitrogen and oxygen atoms in total. The first-order valence-corrected chi connectivity index (χ1v) is 8.53. The van der Waals surface area contributed by atoms with E-state index in [1.54, 1.807) is 18.2 Å². The third kappa shape index (κ3) is 4.83. The quantitative estimate of drug-likeness (QED) is 0.659. The Balaban J connectivity index is 1.66. The number of hydrogen-bond acceptors (Lipinski definition) is 4. The SMILES string of the molecule is NC(=O)c1cncc(OCc2cccc(NC(=O)c3ccc(Cl)c(F)c3)c2)c1. The molecule has 3 rings (SSSR count). The van der Waals surface area contributed by atoms with Crippen molar-refractivity contribution in [3.8, 4) is 5.75 Å². The van der Waals surface area contributed by atoms with Gasteiger partial charge in [-0.05, 0) is 42.0 Å². The highest BCUT2D eigenvalue weighted by Crippen LogP contribution is 2.19. The van der Waals surface area contributed by atoms with Crippen molar-refractivity contribution in [3.63, 3.8) is 0 Å². The first-order chi connectivity index (χ1) is 13.4. The lowest BCUT2D eigenvalue weighted by Gasteiger charge is -2.10. The van der Waals surface area contributed by atoms with Gasteiger partial charge in [-0.25, -0.2) is 4.39 Å². The van der Waals surface area contributed by atoms with Crippen molar-refractivity contribution < 1.29 is 18.7 Å². The molecule has 8 heteroatoms. The standard InChI is InChI=1S/C20H15ClFN3O3/c21-17-5-4-13(8-18(17)22)20(27)25-15-3-1-2-12(6-15)11-28-16-7-14(19(23)26)9-24-10-16/h1-10H,11H2,(H2,23,26)(H,25,27). The predicted molar refractivity (Wildman–Crippen MR) is 103 cm³/mol. The fraction of sp³-hybridized carbons (Fsp3) is 0.0500. The van der Waals surface area contributed by atoms with Gasteiger partial charge in [0.2, 0.25) is 5.91 Å². The predicted octanol–water partition coefficient (Wildman–Crippen LogP) is 3.80. The third-order valence-electron chi connectivity index (χ3n) is 3.77. The molecule has 0 saturated heterocycles. The number of hydrogen-bond donors (Lipinski definition) is 2. The van der Waals surface area contributed by atoms with Crippen molar-refractivity contribution in [1.82, 2.24) is 4.98 Å². The number of ether oxygens (including phenoxy) is 1. The van der Waals surface area contributed by atoms with Crippen LogP contribution in [0.3, 0.4) is 0 Å². The first kappa shape index (κ1) is 19.3. The average Bonchev–Trinajstić information content (AvgIpc) is 2.69. The highest BCUT2D eigenvalue weighted by Gasteiger charge is 2.10. The van der Waals surface area contributed by atoms with E-state index in [1.807, 2.05) is 6.07 Å². The minimum Gasteiger partial charge on any atom is -0.487 e. The van der Waals surface area contributed by atoms with Crippen LogP contribution in [-0.2, 0) is 6.61 Å². The molecule has 0 atom stereocenters. The smallest absolute Gasteiger partial charge is 0.255 e. The fourth-order valence-electron chi connectivity index (χ4n) is 2.38. The number of benzene rings is 2. The maximum atomic E-state index is 13.5. The Hall–Kier alpha value is -3.45. The molecule has 0 radical (unpaired) electrons. The Morgan fingerprint density at radius 1 is 1.11 bits per heavy atom. The summed E-state index contributed by atoms with van der Waals surface area (Å²) in [5.41, 5.74) is 6.90. The number of primary amides is 1. The van der Waals surface area contributed by atoms with E-state index in [9.17, 15) is 14.0 Å². The normalized spacial score (nSPS) is 10.4. The van der Waals surface area contributed by atoms with E-state index in [0.717, 1.165) is 11.6 Å². The largest absolute Gasteiger partial charge is 0.487 e. The number of rotatable bonds is 6. The molecule has 0 spiro atoms. The van der Waals surface area contributed by atoms with Gasteiger partial charge >= 0.3 is 0 Å². The molecule has 0 aliphatic carbocycles. The second kappa shape index (κ2) is 8.49. The Kier molecular flexibility index (Phi) is 5.86. The van der Waals surface area contributed by atoms with E-state index >= 15 is 0 Å². The molecule has 0 unspecified atom stereocenters. The maximum absolute atomic E-state index is 13.5. The second-order valence-corrected chi connectivity index (χ2v) is 6.25. The molecule has 2 amide bonds.